The zero-order valence-corrected chi connectivity index (χ0v) is 18.3. The Morgan fingerprint density at radius 3 is 2.34 bits per heavy atom. The van der Waals surface area contributed by atoms with Gasteiger partial charge in [0.15, 0.2) is 0 Å². The van der Waals surface area contributed by atoms with Crippen LogP contribution in [0.15, 0.2) is 33.6 Å². The maximum Gasteiger partial charge on any atom is 0.322 e. The summed E-state index contributed by atoms with van der Waals surface area (Å²) in [4.78, 5) is 37.0. The first-order valence-corrected chi connectivity index (χ1v) is 11.7. The monoisotopic (exact) mass is 461 g/mol. The van der Waals surface area contributed by atoms with Gasteiger partial charge < -0.3 is 4.42 Å². The van der Waals surface area contributed by atoms with Crippen LogP contribution in [0.4, 0.5) is 6.01 Å². The molecule has 2 aliphatic heterocycles. The van der Waals surface area contributed by atoms with Crippen LogP contribution in [0, 0.1) is 5.92 Å². The molecule has 1 aromatic heterocycles. The van der Waals surface area contributed by atoms with Gasteiger partial charge in [-0.2, -0.15) is 4.31 Å². The van der Waals surface area contributed by atoms with Crippen molar-refractivity contribution in [2.24, 2.45) is 5.92 Å². The molecule has 32 heavy (non-hydrogen) atoms. The lowest BCUT2D eigenvalue weighted by atomic mass is 10.0. The van der Waals surface area contributed by atoms with Crippen LogP contribution in [-0.2, 0) is 26.2 Å². The standard InChI is InChI=1S/C20H23N5O6S/c1-13-8-10-24(11-9-13)32(29,30)15-4-2-14(3-5-15)19(28)21-20-23-22-16(31-20)12-25-17(26)6-7-18(25)27/h2-5,13H,6-12H2,1H3,(H,21,23,28). The minimum absolute atomic E-state index is 0.0150. The van der Waals surface area contributed by atoms with Crippen molar-refractivity contribution in [2.45, 2.75) is 44.0 Å². The Morgan fingerprint density at radius 1 is 1.09 bits per heavy atom. The Bertz CT molecular complexity index is 1120. The van der Waals surface area contributed by atoms with E-state index in [1.54, 1.807) is 0 Å². The molecule has 2 aliphatic rings. The number of nitrogens with zero attached hydrogens (tertiary/aromatic N) is 4. The Balaban J connectivity index is 1.39. The Hall–Kier alpha value is -3.12. The Morgan fingerprint density at radius 2 is 1.72 bits per heavy atom. The average Bonchev–Trinajstić information content (AvgIpc) is 3.35. The van der Waals surface area contributed by atoms with Gasteiger partial charge in [0.05, 0.1) is 4.90 Å². The first-order valence-electron chi connectivity index (χ1n) is 10.3. The molecule has 1 N–H and O–H groups in total. The van der Waals surface area contributed by atoms with E-state index in [0.717, 1.165) is 17.7 Å². The number of rotatable bonds is 6. The molecule has 170 valence electrons. The number of imide groups is 1. The normalized spacial score (nSPS) is 18.3. The molecule has 2 saturated heterocycles. The van der Waals surface area contributed by atoms with Gasteiger partial charge in [0.1, 0.15) is 6.54 Å². The number of aromatic nitrogens is 2. The van der Waals surface area contributed by atoms with Crippen LogP contribution < -0.4 is 5.32 Å². The second-order valence-electron chi connectivity index (χ2n) is 7.94. The van der Waals surface area contributed by atoms with Crippen molar-refractivity contribution in [3.05, 3.63) is 35.7 Å². The summed E-state index contributed by atoms with van der Waals surface area (Å²) < 4.78 is 32.4. The lowest BCUT2D eigenvalue weighted by Gasteiger charge is -2.29. The van der Waals surface area contributed by atoms with Crippen molar-refractivity contribution in [3.8, 4) is 0 Å². The number of anilines is 1. The maximum absolute atomic E-state index is 12.8. The van der Waals surface area contributed by atoms with Crippen LogP contribution in [0.2, 0.25) is 0 Å². The maximum atomic E-state index is 12.8. The number of carbonyl (C=O) groups is 3. The van der Waals surface area contributed by atoms with E-state index in [-0.39, 0.29) is 53.6 Å². The van der Waals surface area contributed by atoms with Gasteiger partial charge in [-0.05, 0) is 43.0 Å². The number of likely N-dealkylation sites (tertiary alicyclic amines) is 1. The van der Waals surface area contributed by atoms with E-state index in [1.807, 2.05) is 0 Å². The van der Waals surface area contributed by atoms with Crippen LogP contribution in [0.1, 0.15) is 48.9 Å². The number of sulfonamides is 1. The first-order chi connectivity index (χ1) is 15.2. The summed E-state index contributed by atoms with van der Waals surface area (Å²) in [6, 6.07) is 5.42. The molecule has 3 amide bonds. The quantitative estimate of drug-likeness (QED) is 0.636. The van der Waals surface area contributed by atoms with E-state index in [2.05, 4.69) is 22.4 Å². The smallest absolute Gasteiger partial charge is 0.322 e. The molecule has 0 saturated carbocycles. The molecule has 2 fully saturated rings. The molecule has 0 spiro atoms. The number of benzene rings is 1. The highest BCUT2D eigenvalue weighted by atomic mass is 32.2. The molecule has 1 aromatic carbocycles. The van der Waals surface area contributed by atoms with Gasteiger partial charge >= 0.3 is 6.01 Å². The summed E-state index contributed by atoms with van der Waals surface area (Å²) in [6.07, 6.45) is 1.95. The fraction of sp³-hybridized carbons (Fsp3) is 0.450. The molecule has 0 radical (unpaired) electrons. The minimum Gasteiger partial charge on any atom is -0.406 e. The number of nitrogens with one attached hydrogen (secondary N) is 1. The molecule has 0 bridgehead atoms. The summed E-state index contributed by atoms with van der Waals surface area (Å²) >= 11 is 0. The number of amides is 3. The minimum atomic E-state index is -3.60. The van der Waals surface area contributed by atoms with Gasteiger partial charge in [0.25, 0.3) is 5.91 Å². The fourth-order valence-electron chi connectivity index (χ4n) is 3.62. The van der Waals surface area contributed by atoms with E-state index in [0.29, 0.717) is 19.0 Å². The predicted octanol–water partition coefficient (Wildman–Crippen LogP) is 1.39. The predicted molar refractivity (Wildman–Crippen MR) is 111 cm³/mol. The third-order valence-electron chi connectivity index (χ3n) is 5.63. The second kappa shape index (κ2) is 8.79. The molecule has 0 atom stereocenters. The molecular weight excluding hydrogens is 438 g/mol. The highest BCUT2D eigenvalue weighted by molar-refractivity contribution is 7.89. The summed E-state index contributed by atoms with van der Waals surface area (Å²) in [7, 11) is -3.60. The molecule has 2 aromatic rings. The van der Waals surface area contributed by atoms with Crippen molar-refractivity contribution in [3.63, 3.8) is 0 Å². The van der Waals surface area contributed by atoms with Crippen LogP contribution in [0.5, 0.6) is 0 Å². The summed E-state index contributed by atoms with van der Waals surface area (Å²) in [6.45, 7) is 2.93. The van der Waals surface area contributed by atoms with Crippen molar-refractivity contribution in [1.29, 1.82) is 0 Å². The fourth-order valence-corrected chi connectivity index (χ4v) is 5.09. The van der Waals surface area contributed by atoms with Crippen molar-refractivity contribution >= 4 is 33.8 Å². The summed E-state index contributed by atoms with van der Waals surface area (Å²) in [5, 5.41) is 9.86. The van der Waals surface area contributed by atoms with Gasteiger partial charge in [-0.15, -0.1) is 5.10 Å². The molecule has 0 aliphatic carbocycles. The number of carbonyl (C=O) groups excluding carboxylic acids is 3. The SMILES string of the molecule is CC1CCN(S(=O)(=O)c2ccc(C(=O)Nc3nnc(CN4C(=O)CCC4=O)o3)cc2)CC1. The lowest BCUT2D eigenvalue weighted by molar-refractivity contribution is -0.139. The van der Waals surface area contributed by atoms with Gasteiger partial charge in [-0.3, -0.25) is 24.6 Å². The molecule has 3 heterocycles. The Labute approximate surface area is 184 Å². The largest absolute Gasteiger partial charge is 0.406 e. The first kappa shape index (κ1) is 22.1. The van der Waals surface area contributed by atoms with Gasteiger partial charge in [-0.1, -0.05) is 12.0 Å². The number of piperidine rings is 1. The van der Waals surface area contributed by atoms with Crippen molar-refractivity contribution < 1.29 is 27.2 Å². The zero-order valence-electron chi connectivity index (χ0n) is 17.5. The molecule has 12 heteroatoms. The van der Waals surface area contributed by atoms with Crippen LogP contribution in [0.3, 0.4) is 0 Å². The number of hydrogen-bond donors (Lipinski definition) is 1. The second-order valence-corrected chi connectivity index (χ2v) is 9.88. The van der Waals surface area contributed by atoms with E-state index < -0.39 is 15.9 Å². The van der Waals surface area contributed by atoms with E-state index in [1.165, 1.54) is 28.6 Å². The molecule has 4 rings (SSSR count). The van der Waals surface area contributed by atoms with E-state index in [9.17, 15) is 22.8 Å². The summed E-state index contributed by atoms with van der Waals surface area (Å²) in [5.74, 6) is -0.666. The highest BCUT2D eigenvalue weighted by Crippen LogP contribution is 2.24. The average molecular weight is 462 g/mol. The lowest BCUT2D eigenvalue weighted by Crippen LogP contribution is -2.37. The Kier molecular flexibility index (Phi) is 6.07. The van der Waals surface area contributed by atoms with Crippen LogP contribution >= 0.6 is 0 Å². The van der Waals surface area contributed by atoms with Crippen molar-refractivity contribution in [2.75, 3.05) is 18.4 Å². The molecule has 0 unspecified atom stereocenters. The molecule has 11 nitrogen and oxygen atoms in total. The van der Waals surface area contributed by atoms with Crippen LogP contribution in [-0.4, -0.2) is 58.6 Å². The van der Waals surface area contributed by atoms with Gasteiger partial charge in [0.2, 0.25) is 27.7 Å². The zero-order chi connectivity index (χ0) is 22.9. The van der Waals surface area contributed by atoms with E-state index in [4.69, 9.17) is 4.42 Å². The topological polar surface area (TPSA) is 143 Å². The third-order valence-corrected chi connectivity index (χ3v) is 7.55. The highest BCUT2D eigenvalue weighted by Gasteiger charge is 2.31. The summed E-state index contributed by atoms with van der Waals surface area (Å²) in [5.41, 5.74) is 0.209. The van der Waals surface area contributed by atoms with Gasteiger partial charge in [-0.25, -0.2) is 8.42 Å². The van der Waals surface area contributed by atoms with Gasteiger partial charge in [0, 0.05) is 31.5 Å². The van der Waals surface area contributed by atoms with Crippen LogP contribution in [0.25, 0.3) is 0 Å². The number of hydrogen-bond acceptors (Lipinski definition) is 8. The van der Waals surface area contributed by atoms with E-state index >= 15 is 0 Å². The third kappa shape index (κ3) is 4.55. The van der Waals surface area contributed by atoms with Crippen molar-refractivity contribution in [1.82, 2.24) is 19.4 Å². The molecular formula is C20H23N5O6S.